The van der Waals surface area contributed by atoms with Crippen LogP contribution in [0.2, 0.25) is 5.02 Å². The van der Waals surface area contributed by atoms with Crippen LogP contribution in [0.5, 0.6) is 11.5 Å². The molecule has 2 saturated heterocycles. The molecule has 35 heavy (non-hydrogen) atoms. The second kappa shape index (κ2) is 12.8. The number of nitrogens with one attached hydrogen (secondary N) is 1. The number of hydroxylamine groups is 1. The van der Waals surface area contributed by atoms with Crippen LogP contribution in [0.4, 0.5) is 0 Å². The quantitative estimate of drug-likeness (QED) is 0.149. The molecule has 0 spiro atoms. The van der Waals surface area contributed by atoms with Crippen LogP contribution in [0.15, 0.2) is 6.07 Å². The van der Waals surface area contributed by atoms with Gasteiger partial charge in [0.05, 0.1) is 23.8 Å². The Bertz CT molecular complexity index is 897. The number of carbonyl (C=O) groups excluding carboxylic acids is 2. The van der Waals surface area contributed by atoms with Crippen LogP contribution < -0.4 is 5.48 Å². The van der Waals surface area contributed by atoms with E-state index in [1.165, 1.54) is 0 Å². The van der Waals surface area contributed by atoms with Crippen molar-refractivity contribution in [2.45, 2.75) is 90.1 Å². The molecule has 0 radical (unpaired) electrons. The van der Waals surface area contributed by atoms with Gasteiger partial charge in [0.1, 0.15) is 23.2 Å². The molecular weight excluding hydrogens is 476 g/mol. The van der Waals surface area contributed by atoms with Crippen molar-refractivity contribution in [3.8, 4) is 11.5 Å². The van der Waals surface area contributed by atoms with Gasteiger partial charge in [0, 0.05) is 38.0 Å². The van der Waals surface area contributed by atoms with E-state index in [1.807, 2.05) is 6.92 Å². The highest BCUT2D eigenvalue weighted by atomic mass is 35.5. The molecule has 10 heteroatoms. The van der Waals surface area contributed by atoms with Gasteiger partial charge in [-0.05, 0) is 38.7 Å². The Morgan fingerprint density at radius 3 is 2.77 bits per heavy atom. The number of unbranched alkanes of at least 4 members (excludes halogenated alkanes) is 1. The summed E-state index contributed by atoms with van der Waals surface area (Å²) < 4.78 is 11.3. The third-order valence-electron chi connectivity index (χ3n) is 6.36. The largest absolute Gasteiger partial charge is 0.507 e. The van der Waals surface area contributed by atoms with Crippen molar-refractivity contribution >= 4 is 23.5 Å². The summed E-state index contributed by atoms with van der Waals surface area (Å²) in [7, 11) is 0. The maximum atomic E-state index is 13.0. The van der Waals surface area contributed by atoms with Gasteiger partial charge in [0.25, 0.3) is 0 Å². The topological polar surface area (TPSA) is 121 Å². The fourth-order valence-corrected chi connectivity index (χ4v) is 4.64. The van der Waals surface area contributed by atoms with E-state index in [0.717, 1.165) is 38.3 Å². The summed E-state index contributed by atoms with van der Waals surface area (Å²) in [6.07, 6.45) is 5.31. The van der Waals surface area contributed by atoms with Gasteiger partial charge in [0.15, 0.2) is 0 Å². The summed E-state index contributed by atoms with van der Waals surface area (Å²) in [5.41, 5.74) is 3.06. The van der Waals surface area contributed by atoms with Crippen molar-refractivity contribution in [2.24, 2.45) is 0 Å². The van der Waals surface area contributed by atoms with E-state index in [0.29, 0.717) is 26.0 Å². The first-order valence-electron chi connectivity index (χ1n) is 12.5. The van der Waals surface area contributed by atoms with Crippen LogP contribution in [0.3, 0.4) is 0 Å². The Morgan fingerprint density at radius 2 is 2.09 bits per heavy atom. The molecule has 0 aliphatic carbocycles. The molecule has 2 fully saturated rings. The summed E-state index contributed by atoms with van der Waals surface area (Å²) in [4.78, 5) is 31.9. The molecule has 1 amide bonds. The standard InChI is InChI=1S/C25H37ClN2O7/c1-4-5-7-20-21(35-20)13-16(3)34-25(32)23-17(24(26)19(30)14-18(23)29)12-15(2)27-33-11-10-28-9-6-8-22(28)31/h14-16,20-21,27,29-30H,4-13H2,1-3H3/t15-,16-,20-,21?/m1/s1. The Hall–Kier alpha value is -2.07. The SMILES string of the molecule is CCCC[C@H]1OC1C[C@@H](C)OC(=O)c1c(O)cc(O)c(Cl)c1C[C@@H](C)NOCCN1CCCC1=O. The molecule has 0 saturated carbocycles. The minimum Gasteiger partial charge on any atom is -0.507 e. The predicted octanol–water partition coefficient (Wildman–Crippen LogP) is 3.72. The number of likely N-dealkylation sites (tertiary alicyclic amines) is 1. The maximum Gasteiger partial charge on any atom is 0.342 e. The fraction of sp³-hybridized carbons (Fsp3) is 0.680. The third-order valence-corrected chi connectivity index (χ3v) is 6.78. The van der Waals surface area contributed by atoms with E-state index in [9.17, 15) is 19.8 Å². The van der Waals surface area contributed by atoms with Crippen LogP contribution in [0.1, 0.15) is 75.2 Å². The molecule has 2 heterocycles. The first-order valence-corrected chi connectivity index (χ1v) is 12.8. The summed E-state index contributed by atoms with van der Waals surface area (Å²) in [6, 6.07) is 0.727. The Morgan fingerprint density at radius 1 is 1.31 bits per heavy atom. The number of rotatable bonds is 14. The van der Waals surface area contributed by atoms with E-state index in [4.69, 9.17) is 25.9 Å². The van der Waals surface area contributed by atoms with Gasteiger partial charge in [-0.2, -0.15) is 5.48 Å². The molecule has 9 nitrogen and oxygen atoms in total. The minimum absolute atomic E-state index is 0.0242. The number of ether oxygens (including phenoxy) is 2. The number of phenolic OH excluding ortho intramolecular Hbond substituents is 2. The number of hydrogen-bond acceptors (Lipinski definition) is 8. The lowest BCUT2D eigenvalue weighted by molar-refractivity contribution is -0.128. The number of esters is 1. The van der Waals surface area contributed by atoms with Crippen LogP contribution in [-0.2, 0) is 25.5 Å². The summed E-state index contributed by atoms with van der Waals surface area (Å²) in [5, 5.41) is 20.5. The van der Waals surface area contributed by atoms with Crippen molar-refractivity contribution in [3.63, 3.8) is 0 Å². The molecule has 3 rings (SSSR count). The number of carbonyl (C=O) groups is 2. The van der Waals surface area contributed by atoms with E-state index < -0.39 is 17.8 Å². The van der Waals surface area contributed by atoms with Crippen molar-refractivity contribution < 1.29 is 34.1 Å². The van der Waals surface area contributed by atoms with Crippen LogP contribution >= 0.6 is 11.6 Å². The highest BCUT2D eigenvalue weighted by molar-refractivity contribution is 6.33. The Labute approximate surface area is 211 Å². The molecule has 3 N–H and O–H groups in total. The van der Waals surface area contributed by atoms with Gasteiger partial charge in [-0.15, -0.1) is 0 Å². The number of hydrogen-bond donors (Lipinski definition) is 3. The smallest absolute Gasteiger partial charge is 0.342 e. The van der Waals surface area contributed by atoms with Crippen LogP contribution in [0, 0.1) is 0 Å². The zero-order chi connectivity index (χ0) is 25.5. The average molecular weight is 513 g/mol. The first-order chi connectivity index (χ1) is 16.7. The van der Waals surface area contributed by atoms with Gasteiger partial charge in [-0.3, -0.25) is 9.63 Å². The number of nitrogens with zero attached hydrogens (tertiary/aromatic N) is 1. The molecule has 2 aliphatic heterocycles. The van der Waals surface area contributed by atoms with Gasteiger partial charge in [-0.1, -0.05) is 31.4 Å². The monoisotopic (exact) mass is 512 g/mol. The zero-order valence-corrected chi connectivity index (χ0v) is 21.5. The highest BCUT2D eigenvalue weighted by Gasteiger charge is 2.39. The Kier molecular flexibility index (Phi) is 10.0. The molecule has 196 valence electrons. The van der Waals surface area contributed by atoms with E-state index in [-0.39, 0.29) is 52.5 Å². The van der Waals surface area contributed by atoms with E-state index in [1.54, 1.807) is 11.8 Å². The average Bonchev–Trinajstić information content (AvgIpc) is 3.40. The summed E-state index contributed by atoms with van der Waals surface area (Å²) >= 11 is 6.32. The van der Waals surface area contributed by atoms with Crippen LogP contribution in [-0.4, -0.2) is 71.0 Å². The second-order valence-electron chi connectivity index (χ2n) is 9.45. The lowest BCUT2D eigenvalue weighted by atomic mass is 9.99. The molecular formula is C25H37ClN2O7. The number of aromatic hydroxyl groups is 2. The predicted molar refractivity (Wildman–Crippen MR) is 131 cm³/mol. The lowest BCUT2D eigenvalue weighted by Gasteiger charge is -2.20. The number of epoxide rings is 1. The second-order valence-corrected chi connectivity index (χ2v) is 9.82. The van der Waals surface area contributed by atoms with Gasteiger partial charge < -0.3 is 24.6 Å². The van der Waals surface area contributed by atoms with Crippen LogP contribution in [0.25, 0.3) is 0 Å². The van der Waals surface area contributed by atoms with Gasteiger partial charge in [-0.25, -0.2) is 4.79 Å². The molecule has 0 bridgehead atoms. The molecule has 4 atom stereocenters. The van der Waals surface area contributed by atoms with Gasteiger partial charge in [0.2, 0.25) is 5.91 Å². The van der Waals surface area contributed by atoms with Crippen molar-refractivity contribution in [1.82, 2.24) is 10.4 Å². The maximum absolute atomic E-state index is 13.0. The molecule has 0 aromatic heterocycles. The van der Waals surface area contributed by atoms with Gasteiger partial charge >= 0.3 is 5.97 Å². The number of halogens is 1. The molecule has 1 aromatic carbocycles. The van der Waals surface area contributed by atoms with Crippen molar-refractivity contribution in [2.75, 3.05) is 19.7 Å². The van der Waals surface area contributed by atoms with E-state index >= 15 is 0 Å². The van der Waals surface area contributed by atoms with E-state index in [2.05, 4.69) is 12.4 Å². The minimum atomic E-state index is -0.710. The lowest BCUT2D eigenvalue weighted by Crippen LogP contribution is -2.34. The number of amides is 1. The summed E-state index contributed by atoms with van der Waals surface area (Å²) in [6.45, 7) is 7.28. The zero-order valence-electron chi connectivity index (χ0n) is 20.7. The third kappa shape index (κ3) is 7.70. The molecule has 1 aromatic rings. The number of phenols is 2. The highest BCUT2D eigenvalue weighted by Crippen LogP contribution is 2.38. The molecule has 1 unspecified atom stereocenters. The van der Waals surface area contributed by atoms with Crippen molar-refractivity contribution in [3.05, 3.63) is 22.2 Å². The Balaban J connectivity index is 1.56. The number of benzene rings is 1. The van der Waals surface area contributed by atoms with Crippen molar-refractivity contribution in [1.29, 1.82) is 0 Å². The summed E-state index contributed by atoms with van der Waals surface area (Å²) in [5.74, 6) is -1.30. The normalized spacial score (nSPS) is 21.3. The first kappa shape index (κ1) is 27.5. The molecule has 2 aliphatic rings. The fourth-order valence-electron chi connectivity index (χ4n) is 4.41.